The highest BCUT2D eigenvalue weighted by molar-refractivity contribution is 6.10. The van der Waals surface area contributed by atoms with Crippen molar-refractivity contribution in [2.45, 2.75) is 44.8 Å². The van der Waals surface area contributed by atoms with Crippen LogP contribution in [-0.4, -0.2) is 42.5 Å². The van der Waals surface area contributed by atoms with E-state index in [0.29, 0.717) is 32.2 Å². The van der Waals surface area contributed by atoms with Crippen LogP contribution in [0.5, 0.6) is 0 Å². The average molecular weight is 406 g/mol. The van der Waals surface area contributed by atoms with E-state index in [2.05, 4.69) is 0 Å². The van der Waals surface area contributed by atoms with Crippen LogP contribution in [0.4, 0.5) is 24.5 Å². The van der Waals surface area contributed by atoms with Crippen molar-refractivity contribution in [2.75, 3.05) is 23.4 Å². The maximum absolute atomic E-state index is 13.2. The zero-order valence-electron chi connectivity index (χ0n) is 16.2. The number of imide groups is 1. The van der Waals surface area contributed by atoms with Crippen LogP contribution < -0.4 is 9.80 Å². The first-order chi connectivity index (χ1) is 13.7. The van der Waals surface area contributed by atoms with Gasteiger partial charge in [0.2, 0.25) is 0 Å². The smallest absolute Gasteiger partial charge is 0.328 e. The third-order valence-electron chi connectivity index (χ3n) is 5.34. The fourth-order valence-corrected chi connectivity index (χ4v) is 4.04. The van der Waals surface area contributed by atoms with Crippen LogP contribution in [0.2, 0.25) is 0 Å². The first kappa shape index (κ1) is 20.7. The van der Waals surface area contributed by atoms with Crippen LogP contribution in [0, 0.1) is 11.3 Å². The standard InChI is InChI=1S/C20H21F3N4O2/c1-3-26-16-11-7-6-10-15(16)25(2)17(26)14(12-24)18(28)27(13-8-4-5-9-13)19(29)20(21,22)23/h6-7,10-11,13H,3-5,8-9H2,1-2H3. The molecule has 0 N–H and O–H groups in total. The van der Waals surface area contributed by atoms with Gasteiger partial charge in [-0.2, -0.15) is 18.4 Å². The quantitative estimate of drug-likeness (QED) is 0.567. The van der Waals surface area contributed by atoms with E-state index in [4.69, 9.17) is 0 Å². The number of carbonyl (C=O) groups excluding carboxylic acids is 2. The van der Waals surface area contributed by atoms with Gasteiger partial charge in [0.05, 0.1) is 11.4 Å². The van der Waals surface area contributed by atoms with E-state index < -0.39 is 29.6 Å². The molecule has 6 nitrogen and oxygen atoms in total. The van der Waals surface area contributed by atoms with Crippen LogP contribution in [-0.2, 0) is 9.59 Å². The van der Waals surface area contributed by atoms with Gasteiger partial charge < -0.3 is 9.80 Å². The highest BCUT2D eigenvalue weighted by Gasteiger charge is 2.49. The van der Waals surface area contributed by atoms with Crippen molar-refractivity contribution in [2.24, 2.45) is 0 Å². The number of anilines is 2. The van der Waals surface area contributed by atoms with E-state index in [1.165, 1.54) is 0 Å². The molecule has 0 bridgehead atoms. The summed E-state index contributed by atoms with van der Waals surface area (Å²) in [5.74, 6) is -3.24. The minimum Gasteiger partial charge on any atom is -0.328 e. The van der Waals surface area contributed by atoms with Gasteiger partial charge in [-0.05, 0) is 31.9 Å². The lowest BCUT2D eigenvalue weighted by Crippen LogP contribution is -2.50. The molecule has 2 aliphatic rings. The van der Waals surface area contributed by atoms with Crippen LogP contribution in [0.15, 0.2) is 35.7 Å². The molecule has 1 saturated carbocycles. The van der Waals surface area contributed by atoms with Gasteiger partial charge in [0, 0.05) is 19.6 Å². The Labute approximate surface area is 166 Å². The predicted octanol–water partition coefficient (Wildman–Crippen LogP) is 3.56. The highest BCUT2D eigenvalue weighted by Crippen LogP contribution is 2.42. The summed E-state index contributed by atoms with van der Waals surface area (Å²) < 4.78 is 39.7. The predicted molar refractivity (Wildman–Crippen MR) is 101 cm³/mol. The number of amides is 2. The van der Waals surface area contributed by atoms with Gasteiger partial charge >= 0.3 is 12.1 Å². The molecule has 3 rings (SSSR count). The fraction of sp³-hybridized carbons (Fsp3) is 0.450. The van der Waals surface area contributed by atoms with Crippen molar-refractivity contribution in [1.82, 2.24) is 4.90 Å². The van der Waals surface area contributed by atoms with Gasteiger partial charge in [0.25, 0.3) is 5.91 Å². The lowest BCUT2D eigenvalue weighted by molar-refractivity contribution is -0.189. The second-order valence-electron chi connectivity index (χ2n) is 7.02. The third kappa shape index (κ3) is 3.55. The number of carbonyl (C=O) groups is 2. The van der Waals surface area contributed by atoms with Gasteiger partial charge in [-0.25, -0.2) is 0 Å². The number of rotatable bonds is 3. The second kappa shape index (κ2) is 7.78. The van der Waals surface area contributed by atoms with Crippen molar-refractivity contribution in [3.63, 3.8) is 0 Å². The van der Waals surface area contributed by atoms with Gasteiger partial charge in [0.15, 0.2) is 5.57 Å². The van der Waals surface area contributed by atoms with E-state index in [0.717, 1.165) is 11.4 Å². The average Bonchev–Trinajstić information content (AvgIpc) is 3.30. The number of nitriles is 1. The topological polar surface area (TPSA) is 67.6 Å². The van der Waals surface area contributed by atoms with Gasteiger partial charge in [-0.15, -0.1) is 0 Å². The molecular formula is C20H21F3N4O2. The Morgan fingerprint density at radius 2 is 1.79 bits per heavy atom. The molecule has 1 aliphatic carbocycles. The van der Waals surface area contributed by atoms with E-state index in [-0.39, 0.29) is 10.7 Å². The summed E-state index contributed by atoms with van der Waals surface area (Å²) in [6.07, 6.45) is -3.34. The van der Waals surface area contributed by atoms with Crippen molar-refractivity contribution >= 4 is 23.2 Å². The van der Waals surface area contributed by atoms with E-state index in [1.54, 1.807) is 47.2 Å². The molecule has 1 aromatic rings. The summed E-state index contributed by atoms with van der Waals surface area (Å²) in [6, 6.07) is 8.09. The molecule has 0 radical (unpaired) electrons. The molecule has 0 atom stereocenters. The van der Waals surface area contributed by atoms with Crippen LogP contribution in [0.1, 0.15) is 32.6 Å². The molecule has 0 spiro atoms. The number of halogens is 3. The van der Waals surface area contributed by atoms with Crippen molar-refractivity contribution in [3.05, 3.63) is 35.7 Å². The number of para-hydroxylation sites is 2. The van der Waals surface area contributed by atoms with Gasteiger partial charge in [-0.1, -0.05) is 25.0 Å². The van der Waals surface area contributed by atoms with Gasteiger partial charge in [-0.3, -0.25) is 14.5 Å². The normalized spacial score (nSPS) is 18.5. The maximum atomic E-state index is 13.2. The fourth-order valence-electron chi connectivity index (χ4n) is 4.04. The highest BCUT2D eigenvalue weighted by atomic mass is 19.4. The number of hydrogen-bond acceptors (Lipinski definition) is 5. The molecule has 0 saturated heterocycles. The van der Waals surface area contributed by atoms with Crippen molar-refractivity contribution in [1.29, 1.82) is 5.26 Å². The summed E-state index contributed by atoms with van der Waals surface area (Å²) >= 11 is 0. The van der Waals surface area contributed by atoms with E-state index in [9.17, 15) is 28.0 Å². The van der Waals surface area contributed by atoms with Crippen molar-refractivity contribution < 1.29 is 22.8 Å². The number of benzene rings is 1. The molecule has 1 aliphatic heterocycles. The summed E-state index contributed by atoms with van der Waals surface area (Å²) in [6.45, 7) is 2.21. The van der Waals surface area contributed by atoms with Crippen LogP contribution in [0.3, 0.4) is 0 Å². The van der Waals surface area contributed by atoms with Crippen LogP contribution >= 0.6 is 0 Å². The molecular weight excluding hydrogens is 385 g/mol. The zero-order chi connectivity index (χ0) is 21.3. The molecule has 1 heterocycles. The second-order valence-corrected chi connectivity index (χ2v) is 7.02. The molecule has 0 aromatic heterocycles. The monoisotopic (exact) mass is 406 g/mol. The summed E-state index contributed by atoms with van der Waals surface area (Å²) in [5.41, 5.74) is 0.983. The summed E-state index contributed by atoms with van der Waals surface area (Å²) in [4.78, 5) is 28.8. The number of nitrogens with zero attached hydrogens (tertiary/aromatic N) is 4. The molecule has 0 unspecified atom stereocenters. The first-order valence-electron chi connectivity index (χ1n) is 9.41. The Bertz CT molecular complexity index is 898. The number of alkyl halides is 3. The Kier molecular flexibility index (Phi) is 5.55. The van der Waals surface area contributed by atoms with Crippen molar-refractivity contribution in [3.8, 4) is 6.07 Å². The Balaban J connectivity index is 2.11. The Morgan fingerprint density at radius 3 is 2.31 bits per heavy atom. The minimum atomic E-state index is -5.20. The van der Waals surface area contributed by atoms with Gasteiger partial charge in [0.1, 0.15) is 11.9 Å². The summed E-state index contributed by atoms with van der Waals surface area (Å²) in [7, 11) is 1.64. The Morgan fingerprint density at radius 1 is 1.21 bits per heavy atom. The molecule has 1 aromatic carbocycles. The lowest BCUT2D eigenvalue weighted by atomic mass is 10.1. The third-order valence-corrected chi connectivity index (χ3v) is 5.34. The molecule has 2 amide bonds. The van der Waals surface area contributed by atoms with E-state index in [1.807, 2.05) is 6.92 Å². The SMILES string of the molecule is CCN1C(=C(C#N)C(=O)N(C(=O)C(F)(F)F)C2CCCC2)N(C)c2ccccc21. The number of fused-ring (bicyclic) bond motifs is 1. The first-order valence-corrected chi connectivity index (χ1v) is 9.41. The minimum absolute atomic E-state index is 0.180. The largest absolute Gasteiger partial charge is 0.471 e. The maximum Gasteiger partial charge on any atom is 0.471 e. The molecule has 1 fully saturated rings. The van der Waals surface area contributed by atoms with E-state index >= 15 is 0 Å². The zero-order valence-corrected chi connectivity index (χ0v) is 16.2. The molecule has 29 heavy (non-hydrogen) atoms. The Hall–Kier alpha value is -3.02. The number of hydrogen-bond donors (Lipinski definition) is 0. The van der Waals surface area contributed by atoms with Crippen LogP contribution in [0.25, 0.3) is 0 Å². The molecule has 154 valence electrons. The summed E-state index contributed by atoms with van der Waals surface area (Å²) in [5, 5.41) is 9.74. The molecule has 9 heteroatoms. The lowest BCUT2D eigenvalue weighted by Gasteiger charge is -2.29.